The number of carbonyl (C=O) groups is 2. The number of carbonyl (C=O) groups excluding carboxylic acids is 2. The first kappa shape index (κ1) is 27.2. The average Bonchev–Trinajstić information content (AvgIpc) is 2.88. The third kappa shape index (κ3) is 8.09. The number of amides is 2. The second kappa shape index (κ2) is 13.6. The van der Waals surface area contributed by atoms with Gasteiger partial charge in [-0.2, -0.15) is 0 Å². The Morgan fingerprint density at radius 2 is 1.75 bits per heavy atom. The molecule has 7 heteroatoms. The normalized spacial score (nSPS) is 11.6. The quantitative estimate of drug-likeness (QED) is 0.317. The Hall–Kier alpha value is -3.38. The lowest BCUT2D eigenvalue weighted by Crippen LogP contribution is -2.51. The predicted molar refractivity (Wildman–Crippen MR) is 140 cm³/mol. The fraction of sp³-hybridized carbons (Fsp3) is 0.310. The number of rotatable bonds is 12. The van der Waals surface area contributed by atoms with Crippen molar-refractivity contribution in [2.24, 2.45) is 0 Å². The van der Waals surface area contributed by atoms with Crippen LogP contribution in [0.15, 0.2) is 72.8 Å². The average molecular weight is 511 g/mol. The van der Waals surface area contributed by atoms with Gasteiger partial charge in [-0.25, -0.2) is 4.39 Å². The Kier molecular flexibility index (Phi) is 10.3. The van der Waals surface area contributed by atoms with E-state index in [4.69, 9.17) is 16.3 Å². The second-order valence-electron chi connectivity index (χ2n) is 8.70. The lowest BCUT2D eigenvalue weighted by molar-refractivity contribution is -0.142. The lowest BCUT2D eigenvalue weighted by Gasteiger charge is -2.31. The molecule has 0 unspecified atom stereocenters. The van der Waals surface area contributed by atoms with E-state index in [1.54, 1.807) is 30.3 Å². The van der Waals surface area contributed by atoms with Gasteiger partial charge < -0.3 is 15.0 Å². The molecule has 3 rings (SSSR count). The van der Waals surface area contributed by atoms with Crippen LogP contribution < -0.4 is 10.1 Å². The number of nitrogens with zero attached hydrogens (tertiary/aromatic N) is 1. The molecule has 1 atom stereocenters. The first-order valence-corrected chi connectivity index (χ1v) is 12.5. The van der Waals surface area contributed by atoms with Crippen LogP contribution in [0.3, 0.4) is 0 Å². The van der Waals surface area contributed by atoms with Crippen molar-refractivity contribution in [3.05, 3.63) is 100 Å². The first-order valence-electron chi connectivity index (χ1n) is 12.1. The molecular weight excluding hydrogens is 479 g/mol. The number of halogens is 2. The van der Waals surface area contributed by atoms with E-state index in [1.165, 1.54) is 17.0 Å². The second-order valence-corrected chi connectivity index (χ2v) is 9.11. The van der Waals surface area contributed by atoms with Crippen LogP contribution in [0, 0.1) is 12.7 Å². The van der Waals surface area contributed by atoms with Crippen LogP contribution in [0.1, 0.15) is 36.5 Å². The Bertz CT molecular complexity index is 1140. The van der Waals surface area contributed by atoms with E-state index in [0.29, 0.717) is 29.3 Å². The van der Waals surface area contributed by atoms with E-state index in [1.807, 2.05) is 44.2 Å². The number of ether oxygens (including phenoxy) is 1. The molecule has 0 aliphatic carbocycles. The SMILES string of the molecule is CCCCNC(=O)[C@H](Cc1ccccc1)N(Cc1ccc(F)cc1)C(=O)COc1ccc(Cl)c(C)c1. The third-order valence-electron chi connectivity index (χ3n) is 5.86. The molecule has 0 spiro atoms. The van der Waals surface area contributed by atoms with Crippen LogP contribution in [-0.2, 0) is 22.6 Å². The largest absolute Gasteiger partial charge is 0.484 e. The van der Waals surface area contributed by atoms with Gasteiger partial charge in [0.2, 0.25) is 5.91 Å². The highest BCUT2D eigenvalue weighted by Crippen LogP contribution is 2.22. The van der Waals surface area contributed by atoms with Crippen LogP contribution in [0.4, 0.5) is 4.39 Å². The summed E-state index contributed by atoms with van der Waals surface area (Å²) in [6, 6.07) is 19.9. The van der Waals surface area contributed by atoms with Gasteiger partial charge in [0.25, 0.3) is 5.91 Å². The Balaban J connectivity index is 1.88. The summed E-state index contributed by atoms with van der Waals surface area (Å²) in [4.78, 5) is 28.4. The minimum Gasteiger partial charge on any atom is -0.484 e. The molecule has 0 aliphatic rings. The predicted octanol–water partition coefficient (Wildman–Crippen LogP) is 5.72. The number of unbranched alkanes of at least 4 members (excludes halogenated alkanes) is 1. The van der Waals surface area contributed by atoms with Crippen LogP contribution in [0.5, 0.6) is 5.75 Å². The summed E-state index contributed by atoms with van der Waals surface area (Å²) in [6.45, 7) is 4.32. The molecule has 3 aromatic carbocycles. The van der Waals surface area contributed by atoms with Gasteiger partial charge in [-0.15, -0.1) is 0 Å². The van der Waals surface area contributed by atoms with E-state index >= 15 is 0 Å². The molecule has 2 amide bonds. The van der Waals surface area contributed by atoms with Gasteiger partial charge in [-0.05, 0) is 60.4 Å². The minimum absolute atomic E-state index is 0.140. The van der Waals surface area contributed by atoms with E-state index in [-0.39, 0.29) is 30.8 Å². The summed E-state index contributed by atoms with van der Waals surface area (Å²) in [5.41, 5.74) is 2.48. The molecule has 190 valence electrons. The maximum absolute atomic E-state index is 13.5. The van der Waals surface area contributed by atoms with Crippen molar-refractivity contribution in [3.8, 4) is 5.75 Å². The lowest BCUT2D eigenvalue weighted by atomic mass is 10.0. The number of nitrogens with one attached hydrogen (secondary N) is 1. The van der Waals surface area contributed by atoms with E-state index < -0.39 is 6.04 Å². The fourth-order valence-electron chi connectivity index (χ4n) is 3.78. The van der Waals surface area contributed by atoms with Crippen molar-refractivity contribution in [1.29, 1.82) is 0 Å². The molecule has 0 fully saturated rings. The molecule has 0 saturated heterocycles. The molecule has 0 heterocycles. The zero-order valence-corrected chi connectivity index (χ0v) is 21.4. The standard InChI is InChI=1S/C29H32ClFN2O3/c1-3-4-16-32-29(35)27(18-22-8-6-5-7-9-22)33(19-23-10-12-24(31)13-11-23)28(34)20-36-25-14-15-26(30)21(2)17-25/h5-15,17,27H,3-4,16,18-20H2,1-2H3,(H,32,35)/t27-/m0/s1. The van der Waals surface area contributed by atoms with E-state index in [9.17, 15) is 14.0 Å². The van der Waals surface area contributed by atoms with Crippen molar-refractivity contribution >= 4 is 23.4 Å². The van der Waals surface area contributed by atoms with Gasteiger partial charge in [0.1, 0.15) is 17.6 Å². The summed E-state index contributed by atoms with van der Waals surface area (Å²) >= 11 is 6.10. The van der Waals surface area contributed by atoms with Gasteiger partial charge in [-0.1, -0.05) is 67.4 Å². The molecule has 0 aromatic heterocycles. The summed E-state index contributed by atoms with van der Waals surface area (Å²) < 4.78 is 19.3. The topological polar surface area (TPSA) is 58.6 Å². The highest BCUT2D eigenvalue weighted by Gasteiger charge is 2.30. The Morgan fingerprint density at radius 3 is 2.42 bits per heavy atom. The molecule has 0 radical (unpaired) electrons. The minimum atomic E-state index is -0.766. The van der Waals surface area contributed by atoms with Gasteiger partial charge in [0.15, 0.2) is 6.61 Å². The molecule has 3 aromatic rings. The fourth-order valence-corrected chi connectivity index (χ4v) is 3.90. The van der Waals surface area contributed by atoms with Crippen molar-refractivity contribution in [1.82, 2.24) is 10.2 Å². The zero-order chi connectivity index (χ0) is 25.9. The maximum Gasteiger partial charge on any atom is 0.261 e. The van der Waals surface area contributed by atoms with Crippen molar-refractivity contribution < 1.29 is 18.7 Å². The number of aryl methyl sites for hydroxylation is 1. The van der Waals surface area contributed by atoms with Crippen molar-refractivity contribution in [2.45, 2.75) is 45.7 Å². The zero-order valence-electron chi connectivity index (χ0n) is 20.7. The summed E-state index contributed by atoms with van der Waals surface area (Å²) in [5, 5.41) is 3.58. The highest BCUT2D eigenvalue weighted by atomic mass is 35.5. The van der Waals surface area contributed by atoms with E-state index in [2.05, 4.69) is 5.32 Å². The van der Waals surface area contributed by atoms with Crippen molar-refractivity contribution in [2.75, 3.05) is 13.2 Å². The summed E-state index contributed by atoms with van der Waals surface area (Å²) in [7, 11) is 0. The summed E-state index contributed by atoms with van der Waals surface area (Å²) in [6.07, 6.45) is 2.12. The molecule has 36 heavy (non-hydrogen) atoms. The molecule has 0 saturated carbocycles. The monoisotopic (exact) mass is 510 g/mol. The van der Waals surface area contributed by atoms with Gasteiger partial charge in [0.05, 0.1) is 0 Å². The van der Waals surface area contributed by atoms with Crippen LogP contribution in [0.2, 0.25) is 5.02 Å². The molecule has 1 N–H and O–H groups in total. The molecule has 5 nitrogen and oxygen atoms in total. The number of hydrogen-bond donors (Lipinski definition) is 1. The Morgan fingerprint density at radius 1 is 1.03 bits per heavy atom. The van der Waals surface area contributed by atoms with Crippen LogP contribution in [-0.4, -0.2) is 35.9 Å². The van der Waals surface area contributed by atoms with Gasteiger partial charge in [0, 0.05) is 24.5 Å². The summed E-state index contributed by atoms with van der Waals surface area (Å²) in [5.74, 6) is -0.432. The molecule has 0 bridgehead atoms. The number of hydrogen-bond acceptors (Lipinski definition) is 3. The van der Waals surface area contributed by atoms with Crippen LogP contribution >= 0.6 is 11.6 Å². The first-order chi connectivity index (χ1) is 17.4. The van der Waals surface area contributed by atoms with Crippen LogP contribution in [0.25, 0.3) is 0 Å². The highest BCUT2D eigenvalue weighted by molar-refractivity contribution is 6.31. The molecule has 0 aliphatic heterocycles. The molecular formula is C29H32ClFN2O3. The third-order valence-corrected chi connectivity index (χ3v) is 6.28. The van der Waals surface area contributed by atoms with Gasteiger partial charge in [-0.3, -0.25) is 9.59 Å². The van der Waals surface area contributed by atoms with E-state index in [0.717, 1.165) is 24.0 Å². The smallest absolute Gasteiger partial charge is 0.261 e. The Labute approximate surface area is 217 Å². The van der Waals surface area contributed by atoms with Gasteiger partial charge >= 0.3 is 0 Å². The maximum atomic E-state index is 13.5. The van der Waals surface area contributed by atoms with Crippen molar-refractivity contribution in [3.63, 3.8) is 0 Å². The number of benzene rings is 3.